The first-order valence-electron chi connectivity index (χ1n) is 13.6. The second-order valence-corrected chi connectivity index (χ2v) is 9.88. The van der Waals surface area contributed by atoms with E-state index >= 15 is 0 Å². The van der Waals surface area contributed by atoms with Gasteiger partial charge >= 0.3 is 18.2 Å². The largest absolute Gasteiger partial charge is 0.493 e. The number of benzene rings is 2. The molecule has 0 atom stereocenters. The number of amides is 2. The van der Waals surface area contributed by atoms with Gasteiger partial charge in [-0.3, -0.25) is 0 Å². The van der Waals surface area contributed by atoms with Gasteiger partial charge in [0, 0.05) is 12.1 Å². The van der Waals surface area contributed by atoms with Gasteiger partial charge in [-0.2, -0.15) is 13.2 Å². The molecule has 0 fully saturated rings. The lowest BCUT2D eigenvalue weighted by molar-refractivity contribution is -0.199. The highest BCUT2D eigenvalue weighted by molar-refractivity contribution is 6.33. The Balaban J connectivity index is 1.63. The molecule has 0 radical (unpaired) electrons. The van der Waals surface area contributed by atoms with Crippen molar-refractivity contribution < 1.29 is 37.0 Å². The lowest BCUT2D eigenvalue weighted by atomic mass is 10.1. The summed E-state index contributed by atoms with van der Waals surface area (Å²) in [4.78, 5) is 38.9. The van der Waals surface area contributed by atoms with E-state index in [0.29, 0.717) is 36.3 Å². The number of aryl methyl sites for hydroxylation is 1. The number of anilines is 3. The fourth-order valence-corrected chi connectivity index (χ4v) is 4.57. The lowest BCUT2D eigenvalue weighted by Crippen LogP contribution is -2.41. The van der Waals surface area contributed by atoms with Crippen LogP contribution in [0.5, 0.6) is 5.75 Å². The highest BCUT2D eigenvalue weighted by Crippen LogP contribution is 2.38. The summed E-state index contributed by atoms with van der Waals surface area (Å²) in [7, 11) is 0. The molecule has 0 spiro atoms. The van der Waals surface area contributed by atoms with Crippen molar-refractivity contribution in [3.05, 3.63) is 59.8 Å². The third kappa shape index (κ3) is 6.50. The van der Waals surface area contributed by atoms with Gasteiger partial charge in [-0.25, -0.2) is 24.2 Å². The Morgan fingerprint density at radius 1 is 1.13 bits per heavy atom. The molecule has 0 saturated heterocycles. The molecule has 46 heavy (non-hydrogen) atoms. The predicted molar refractivity (Wildman–Crippen MR) is 161 cm³/mol. The number of carbonyl (C=O) groups is 2. The lowest BCUT2D eigenvalue weighted by Gasteiger charge is -2.22. The molecule has 0 aliphatic heterocycles. The van der Waals surface area contributed by atoms with Gasteiger partial charge in [-0.05, 0) is 54.5 Å². The van der Waals surface area contributed by atoms with Gasteiger partial charge in [-0.15, -0.1) is 5.06 Å². The highest BCUT2D eigenvalue weighted by Gasteiger charge is 2.44. The van der Waals surface area contributed by atoms with Crippen molar-refractivity contribution in [2.24, 2.45) is 5.73 Å². The van der Waals surface area contributed by atoms with E-state index < -0.39 is 18.2 Å². The number of carbonyl (C=O) groups excluding carboxylic acids is 2. The predicted octanol–water partition coefficient (Wildman–Crippen LogP) is 5.19. The van der Waals surface area contributed by atoms with E-state index in [1.165, 1.54) is 36.5 Å². The summed E-state index contributed by atoms with van der Waals surface area (Å²) in [6.07, 6.45) is -3.40. The SMILES string of the molecule is CCn1c(-c2nonc2N)nc2c(-c3cccc(N(OC(=O)C(F)(F)F)C(=O)Nc4ccccc4Cl)c3)ncc(OCCCN)c21. The summed E-state index contributed by atoms with van der Waals surface area (Å²) in [6.45, 7) is 2.89. The van der Waals surface area contributed by atoms with Crippen LogP contribution in [0.1, 0.15) is 13.3 Å². The van der Waals surface area contributed by atoms with Gasteiger partial charge in [0.05, 0.1) is 34.9 Å². The van der Waals surface area contributed by atoms with Crippen LogP contribution in [0.3, 0.4) is 0 Å². The number of alkyl halides is 3. The van der Waals surface area contributed by atoms with E-state index in [2.05, 4.69) is 25.5 Å². The van der Waals surface area contributed by atoms with E-state index in [-0.39, 0.29) is 56.7 Å². The summed E-state index contributed by atoms with van der Waals surface area (Å²) in [5.74, 6) is -2.00. The fourth-order valence-electron chi connectivity index (χ4n) is 4.39. The summed E-state index contributed by atoms with van der Waals surface area (Å²) in [5, 5.41) is 10.1. The third-order valence-electron chi connectivity index (χ3n) is 6.44. The molecule has 0 unspecified atom stereocenters. The first-order valence-corrected chi connectivity index (χ1v) is 14.0. The molecule has 18 heteroatoms. The van der Waals surface area contributed by atoms with Crippen molar-refractivity contribution in [1.29, 1.82) is 0 Å². The van der Waals surface area contributed by atoms with Gasteiger partial charge in [0.25, 0.3) is 0 Å². The van der Waals surface area contributed by atoms with Crippen molar-refractivity contribution in [3.8, 4) is 28.5 Å². The monoisotopic (exact) mass is 659 g/mol. The number of halogens is 4. The molecule has 2 aromatic carbocycles. The molecular formula is C28H25ClF3N9O5. The van der Waals surface area contributed by atoms with Crippen LogP contribution in [0, 0.1) is 0 Å². The Bertz CT molecular complexity index is 1900. The van der Waals surface area contributed by atoms with Crippen molar-refractivity contribution in [2.45, 2.75) is 26.1 Å². The molecular weight excluding hydrogens is 635 g/mol. The number of hydrogen-bond acceptors (Lipinski definition) is 11. The molecule has 2 amide bonds. The van der Waals surface area contributed by atoms with Crippen molar-refractivity contribution in [1.82, 2.24) is 24.8 Å². The van der Waals surface area contributed by atoms with Crippen LogP contribution in [-0.2, 0) is 16.2 Å². The number of nitrogens with two attached hydrogens (primary N) is 2. The number of aromatic nitrogens is 5. The smallest absolute Gasteiger partial charge is 0.490 e. The van der Waals surface area contributed by atoms with Crippen LogP contribution >= 0.6 is 11.6 Å². The third-order valence-corrected chi connectivity index (χ3v) is 6.77. The summed E-state index contributed by atoms with van der Waals surface area (Å²) >= 11 is 6.11. The molecule has 0 bridgehead atoms. The number of nitrogen functional groups attached to an aromatic ring is 1. The number of hydrogen-bond donors (Lipinski definition) is 3. The minimum atomic E-state index is -5.41. The second-order valence-electron chi connectivity index (χ2n) is 9.47. The zero-order valence-corrected chi connectivity index (χ0v) is 24.7. The number of rotatable bonds is 9. The Morgan fingerprint density at radius 2 is 1.91 bits per heavy atom. The zero-order chi connectivity index (χ0) is 33.0. The highest BCUT2D eigenvalue weighted by atomic mass is 35.5. The van der Waals surface area contributed by atoms with Gasteiger partial charge in [0.2, 0.25) is 0 Å². The number of nitrogens with zero attached hydrogens (tertiary/aromatic N) is 6. The van der Waals surface area contributed by atoms with Crippen molar-refractivity contribution in [3.63, 3.8) is 0 Å². The van der Waals surface area contributed by atoms with E-state index in [0.717, 1.165) is 0 Å². The number of pyridine rings is 1. The number of nitrogens with one attached hydrogen (secondary N) is 1. The maximum Gasteiger partial charge on any atom is 0.493 e. The number of para-hydroxylation sites is 1. The Hall–Kier alpha value is -5.42. The Kier molecular flexibility index (Phi) is 9.24. The number of hydroxylamine groups is 1. The Morgan fingerprint density at radius 3 is 2.59 bits per heavy atom. The average molecular weight is 660 g/mol. The van der Waals surface area contributed by atoms with Crippen LogP contribution in [0.25, 0.3) is 33.8 Å². The molecule has 5 rings (SSSR count). The first-order chi connectivity index (χ1) is 22.0. The van der Waals surface area contributed by atoms with Gasteiger partial charge in [-0.1, -0.05) is 35.9 Å². The van der Waals surface area contributed by atoms with Crippen LogP contribution in [0.15, 0.2) is 59.4 Å². The van der Waals surface area contributed by atoms with Crippen LogP contribution in [-0.4, -0.2) is 56.2 Å². The molecule has 0 aliphatic rings. The molecule has 3 heterocycles. The molecule has 0 aliphatic carbocycles. The quantitative estimate of drug-likeness (QED) is 0.139. The number of urea groups is 1. The summed E-state index contributed by atoms with van der Waals surface area (Å²) in [6, 6.07) is 10.3. The normalized spacial score (nSPS) is 11.4. The summed E-state index contributed by atoms with van der Waals surface area (Å²) in [5.41, 5.74) is 12.9. The number of imidazole rings is 1. The first kappa shape index (κ1) is 32.0. The van der Waals surface area contributed by atoms with Gasteiger partial charge in [0.15, 0.2) is 23.1 Å². The average Bonchev–Trinajstić information content (AvgIpc) is 3.63. The van der Waals surface area contributed by atoms with Gasteiger partial charge < -0.3 is 30.9 Å². The van der Waals surface area contributed by atoms with Crippen molar-refractivity contribution in [2.75, 3.05) is 29.3 Å². The van der Waals surface area contributed by atoms with E-state index in [1.54, 1.807) is 22.8 Å². The molecule has 5 N–H and O–H groups in total. The van der Waals surface area contributed by atoms with E-state index in [1.807, 2.05) is 6.92 Å². The molecule has 240 valence electrons. The molecule has 0 saturated carbocycles. The summed E-state index contributed by atoms with van der Waals surface area (Å²) < 4.78 is 52.2. The molecule has 14 nitrogen and oxygen atoms in total. The number of fused-ring (bicyclic) bond motifs is 1. The minimum Gasteiger partial charge on any atom is -0.490 e. The van der Waals surface area contributed by atoms with Gasteiger partial charge in [0.1, 0.15) is 11.0 Å². The van der Waals surface area contributed by atoms with E-state index in [9.17, 15) is 22.8 Å². The zero-order valence-electron chi connectivity index (χ0n) is 23.9. The van der Waals surface area contributed by atoms with Crippen molar-refractivity contribution >= 4 is 51.8 Å². The fraction of sp³-hybridized carbons (Fsp3) is 0.214. The second kappa shape index (κ2) is 13.3. The van der Waals surface area contributed by atoms with Crippen LogP contribution in [0.4, 0.5) is 35.2 Å². The maximum atomic E-state index is 13.2. The van der Waals surface area contributed by atoms with Crippen LogP contribution in [0.2, 0.25) is 5.02 Å². The Labute approximate surface area is 262 Å². The standard InChI is InChI=1S/C28H25ClF3N9O5/c1-2-40-23-19(44-12-6-11-33)14-35-20(21(23)37-25(40)22-24(34)39-46-38-22)15-7-5-8-16(13-15)41(45-26(42)28(30,31)32)27(43)36-18-10-4-3-9-17(18)29/h3-5,7-10,13-14H,2,6,11-12,33H2,1H3,(H2,34,39)(H,36,43). The number of ether oxygens (including phenoxy) is 1. The van der Waals surface area contributed by atoms with E-state index in [4.69, 9.17) is 37.4 Å². The maximum absolute atomic E-state index is 13.2. The molecule has 5 aromatic rings. The van der Waals surface area contributed by atoms with Crippen LogP contribution < -0.4 is 26.6 Å². The topological polar surface area (TPSA) is 190 Å². The minimum absolute atomic E-state index is 0.0150. The molecule has 3 aromatic heterocycles.